The molecule has 8 heteroatoms. The lowest BCUT2D eigenvalue weighted by Gasteiger charge is -1.99. The molecular formula is C15H15BrFN3O2S. The fraction of sp³-hybridized carbons (Fsp3) is 0.267. The van der Waals surface area contributed by atoms with Crippen LogP contribution in [0.3, 0.4) is 0 Å². The molecule has 0 aliphatic rings. The average Bonchev–Trinajstić information content (AvgIpc) is 2.94. The first-order valence-corrected chi connectivity index (χ1v) is 8.85. The zero-order valence-electron chi connectivity index (χ0n) is 12.4. The lowest BCUT2D eigenvalue weighted by molar-refractivity contribution is -0.142. The highest BCUT2D eigenvalue weighted by Gasteiger charge is 2.07. The molecule has 0 spiro atoms. The van der Waals surface area contributed by atoms with Gasteiger partial charge in [-0.25, -0.2) is 9.37 Å². The van der Waals surface area contributed by atoms with Crippen molar-refractivity contribution in [3.63, 3.8) is 0 Å². The number of benzene rings is 1. The Kier molecular flexibility index (Phi) is 6.66. The fourth-order valence-corrected chi connectivity index (χ4v) is 2.77. The summed E-state index contributed by atoms with van der Waals surface area (Å²) in [5, 5.41) is 6.92. The van der Waals surface area contributed by atoms with Gasteiger partial charge in [-0.05, 0) is 36.2 Å². The summed E-state index contributed by atoms with van der Waals surface area (Å²) < 4.78 is 18.3. The molecule has 1 heterocycles. The van der Waals surface area contributed by atoms with E-state index >= 15 is 0 Å². The minimum atomic E-state index is -0.311. The van der Waals surface area contributed by atoms with E-state index in [9.17, 15) is 9.18 Å². The summed E-state index contributed by atoms with van der Waals surface area (Å²) >= 11 is 4.62. The maximum atomic E-state index is 13.4. The second-order valence-corrected chi connectivity index (χ2v) is 5.94. The van der Waals surface area contributed by atoms with Crippen LogP contribution < -0.4 is 5.43 Å². The van der Waals surface area contributed by atoms with Crippen molar-refractivity contribution >= 4 is 44.6 Å². The van der Waals surface area contributed by atoms with Gasteiger partial charge in [0.15, 0.2) is 0 Å². The minimum Gasteiger partial charge on any atom is -0.466 e. The highest BCUT2D eigenvalue weighted by atomic mass is 79.9. The first-order chi connectivity index (χ1) is 11.1. The molecule has 0 radical (unpaired) electrons. The van der Waals surface area contributed by atoms with E-state index in [4.69, 9.17) is 4.74 Å². The second kappa shape index (κ2) is 8.73. The fourth-order valence-electron chi connectivity index (χ4n) is 1.79. The van der Waals surface area contributed by atoms with E-state index in [2.05, 4.69) is 31.4 Å². The number of hydrogen-bond donors (Lipinski definition) is 1. The topological polar surface area (TPSA) is 63.6 Å². The van der Waals surface area contributed by atoms with Gasteiger partial charge in [0.1, 0.15) is 5.82 Å². The van der Waals surface area contributed by atoms with Crippen molar-refractivity contribution in [2.24, 2.45) is 5.10 Å². The van der Waals surface area contributed by atoms with Crippen molar-refractivity contribution < 1.29 is 13.9 Å². The zero-order chi connectivity index (χ0) is 16.7. The molecule has 1 N–H and O–H groups in total. The zero-order valence-corrected chi connectivity index (χ0v) is 14.8. The van der Waals surface area contributed by atoms with Gasteiger partial charge in [0.2, 0.25) is 5.13 Å². The number of hydrazone groups is 1. The lowest BCUT2D eigenvalue weighted by atomic mass is 10.1. The molecule has 1 aromatic heterocycles. The number of carbonyl (C=O) groups is 1. The predicted molar refractivity (Wildman–Crippen MR) is 92.7 cm³/mol. The molecule has 1 aromatic carbocycles. The normalized spacial score (nSPS) is 10.9. The van der Waals surface area contributed by atoms with Gasteiger partial charge in [0.25, 0.3) is 0 Å². The number of hydrogen-bond acceptors (Lipinski definition) is 6. The smallest absolute Gasteiger partial charge is 0.311 e. The third-order valence-electron chi connectivity index (χ3n) is 2.69. The summed E-state index contributed by atoms with van der Waals surface area (Å²) in [5.41, 5.74) is 4.87. The summed E-state index contributed by atoms with van der Waals surface area (Å²) in [6, 6.07) is 4.68. The summed E-state index contributed by atoms with van der Waals surface area (Å²) in [6.45, 7) is 2.11. The third-order valence-corrected chi connectivity index (χ3v) is 4.13. The van der Waals surface area contributed by atoms with Crippen LogP contribution in [0, 0.1) is 5.82 Å². The summed E-state index contributed by atoms with van der Waals surface area (Å²) in [5.74, 6) is -0.621. The molecule has 23 heavy (non-hydrogen) atoms. The maximum absolute atomic E-state index is 13.4. The maximum Gasteiger partial charge on any atom is 0.311 e. The number of halogens is 2. The van der Waals surface area contributed by atoms with E-state index in [1.807, 2.05) is 6.07 Å². The summed E-state index contributed by atoms with van der Waals surface area (Å²) in [6.07, 6.45) is 1.65. The van der Waals surface area contributed by atoms with Crippen molar-refractivity contribution in [2.45, 2.75) is 18.7 Å². The third kappa shape index (κ3) is 5.72. The number of anilines is 1. The molecule has 0 aliphatic carbocycles. The van der Waals surface area contributed by atoms with Gasteiger partial charge in [0, 0.05) is 10.7 Å². The van der Waals surface area contributed by atoms with Crippen molar-refractivity contribution in [1.82, 2.24) is 4.98 Å². The Morgan fingerprint density at radius 2 is 2.35 bits per heavy atom. The Morgan fingerprint density at radius 1 is 1.52 bits per heavy atom. The molecule has 2 aromatic rings. The van der Waals surface area contributed by atoms with Gasteiger partial charge in [-0.15, -0.1) is 11.3 Å². The second-order valence-electron chi connectivity index (χ2n) is 4.52. The van der Waals surface area contributed by atoms with Crippen molar-refractivity contribution in [3.05, 3.63) is 46.2 Å². The SMILES string of the molecule is CCOC(=O)Cc1csc(NN=Cc2cc(F)cc(CBr)c2)n1. The van der Waals surface area contributed by atoms with E-state index in [0.717, 1.165) is 5.56 Å². The molecule has 0 aliphatic heterocycles. The highest BCUT2D eigenvalue weighted by molar-refractivity contribution is 9.08. The van der Waals surface area contributed by atoms with Crippen molar-refractivity contribution in [2.75, 3.05) is 12.0 Å². The van der Waals surface area contributed by atoms with Gasteiger partial charge < -0.3 is 4.74 Å². The molecule has 0 atom stereocenters. The van der Waals surface area contributed by atoms with Crippen molar-refractivity contribution in [1.29, 1.82) is 0 Å². The van der Waals surface area contributed by atoms with Crippen LogP contribution in [-0.2, 0) is 21.3 Å². The van der Waals surface area contributed by atoms with Crippen molar-refractivity contribution in [3.8, 4) is 0 Å². The van der Waals surface area contributed by atoms with Crippen LogP contribution in [0.1, 0.15) is 23.7 Å². The van der Waals surface area contributed by atoms with E-state index in [-0.39, 0.29) is 18.2 Å². The van der Waals surface area contributed by atoms with Gasteiger partial charge in [0.05, 0.1) is 24.9 Å². The number of rotatable bonds is 7. The number of alkyl halides is 1. The number of thiazole rings is 1. The molecule has 122 valence electrons. The number of ether oxygens (including phenoxy) is 1. The number of aromatic nitrogens is 1. The number of esters is 1. The largest absolute Gasteiger partial charge is 0.466 e. The number of nitrogens with one attached hydrogen (secondary N) is 1. The van der Waals surface area contributed by atoms with Crippen LogP contribution in [0.4, 0.5) is 9.52 Å². The molecule has 0 unspecified atom stereocenters. The lowest BCUT2D eigenvalue weighted by Crippen LogP contribution is -2.07. The van der Waals surface area contributed by atoms with Gasteiger partial charge >= 0.3 is 5.97 Å². The number of nitrogens with zero attached hydrogens (tertiary/aromatic N) is 2. The summed E-state index contributed by atoms with van der Waals surface area (Å²) in [7, 11) is 0. The molecule has 0 saturated heterocycles. The molecule has 0 amide bonds. The Bertz CT molecular complexity index is 706. The summed E-state index contributed by atoms with van der Waals surface area (Å²) in [4.78, 5) is 15.6. The Morgan fingerprint density at radius 3 is 3.09 bits per heavy atom. The van der Waals surface area contributed by atoms with E-state index in [1.165, 1.54) is 29.7 Å². The molecule has 0 saturated carbocycles. The van der Waals surface area contributed by atoms with Crippen LogP contribution in [0.2, 0.25) is 0 Å². The minimum absolute atomic E-state index is 0.133. The van der Waals surface area contributed by atoms with Gasteiger partial charge in [-0.3, -0.25) is 10.2 Å². The Balaban J connectivity index is 1.94. The predicted octanol–water partition coefficient (Wildman–Crippen LogP) is 3.73. The van der Waals surface area contributed by atoms with Crippen LogP contribution in [-0.4, -0.2) is 23.8 Å². The van der Waals surface area contributed by atoms with E-state index in [0.29, 0.717) is 28.3 Å². The monoisotopic (exact) mass is 399 g/mol. The molecule has 0 bridgehead atoms. The van der Waals surface area contributed by atoms with Crippen LogP contribution in [0.15, 0.2) is 28.7 Å². The first kappa shape index (κ1) is 17.6. The number of carbonyl (C=O) groups excluding carboxylic acids is 1. The Labute approximate surface area is 145 Å². The van der Waals surface area contributed by atoms with Gasteiger partial charge in [-0.2, -0.15) is 5.10 Å². The van der Waals surface area contributed by atoms with E-state index in [1.54, 1.807) is 12.3 Å². The van der Waals surface area contributed by atoms with Gasteiger partial charge in [-0.1, -0.05) is 15.9 Å². The highest BCUT2D eigenvalue weighted by Crippen LogP contribution is 2.16. The Hall–Kier alpha value is -1.80. The quantitative estimate of drug-likeness (QED) is 0.333. The van der Waals surface area contributed by atoms with E-state index < -0.39 is 0 Å². The molecule has 5 nitrogen and oxygen atoms in total. The average molecular weight is 400 g/mol. The van der Waals surface area contributed by atoms with Crippen LogP contribution in [0.25, 0.3) is 0 Å². The standard InChI is InChI=1S/C15H15BrFN3O2S/c1-2-22-14(21)6-13-9-23-15(19-13)20-18-8-11-3-10(7-16)4-12(17)5-11/h3-5,8-9H,2,6-7H2,1H3,(H,19,20). The molecule has 0 fully saturated rings. The van der Waals surface area contributed by atoms with Crippen LogP contribution in [0.5, 0.6) is 0 Å². The van der Waals surface area contributed by atoms with Crippen LogP contribution >= 0.6 is 27.3 Å². The molecule has 2 rings (SSSR count). The first-order valence-electron chi connectivity index (χ1n) is 6.85. The molecular weight excluding hydrogens is 385 g/mol.